The lowest BCUT2D eigenvalue weighted by Gasteiger charge is -2.17. The van der Waals surface area contributed by atoms with Gasteiger partial charge in [0.05, 0.1) is 21.0 Å². The second-order valence-electron chi connectivity index (χ2n) is 9.10. The Labute approximate surface area is 273 Å². The number of hydrogen-bond donors (Lipinski definition) is 3. The molecule has 0 saturated carbocycles. The highest BCUT2D eigenvalue weighted by atomic mass is 35.5. The van der Waals surface area contributed by atoms with Crippen LogP contribution in [0.2, 0.25) is 20.1 Å². The number of nitrogens with one attached hydrogen (secondary N) is 3. The minimum atomic E-state index is -0.595. The molecule has 3 amide bonds. The van der Waals surface area contributed by atoms with Crippen molar-refractivity contribution < 1.29 is 14.4 Å². The Bertz CT molecular complexity index is 1660. The average molecular weight is 673 g/mol. The largest absolute Gasteiger partial charge is 0.324 e. The number of carbonyl (C=O) groups excluding carboxylic acids is 3. The van der Waals surface area contributed by atoms with Gasteiger partial charge in [-0.3, -0.25) is 14.4 Å². The van der Waals surface area contributed by atoms with Crippen LogP contribution in [0.1, 0.15) is 29.3 Å². The standard InChI is InChI=1S/C32H25Cl4N3O3S/c1-2-28(32(42)38-26-16-8-15-25(35)29(26)36)43-21-12-6-11-20(17-21)37-31(41)27(18-22-23(33)13-7-14-24(22)34)39-30(40)19-9-4-3-5-10-19/h3-18,28H,2H2,1H3,(H,37,41)(H,38,42)(H,39,40)/b27-18+. The minimum absolute atomic E-state index is 0.0638. The number of halogens is 4. The van der Waals surface area contributed by atoms with E-state index in [1.54, 1.807) is 84.9 Å². The lowest BCUT2D eigenvalue weighted by molar-refractivity contribution is -0.116. The predicted octanol–water partition coefficient (Wildman–Crippen LogP) is 9.22. The molecule has 220 valence electrons. The van der Waals surface area contributed by atoms with E-state index in [1.807, 2.05) is 13.0 Å². The molecule has 6 nitrogen and oxygen atoms in total. The van der Waals surface area contributed by atoms with E-state index in [2.05, 4.69) is 16.0 Å². The van der Waals surface area contributed by atoms with Gasteiger partial charge < -0.3 is 16.0 Å². The normalized spacial score (nSPS) is 11.9. The Balaban J connectivity index is 1.54. The summed E-state index contributed by atoms with van der Waals surface area (Å²) in [6, 6.07) is 25.5. The highest BCUT2D eigenvalue weighted by molar-refractivity contribution is 8.00. The molecule has 0 bridgehead atoms. The zero-order chi connectivity index (χ0) is 30.9. The number of amides is 3. The second-order valence-corrected chi connectivity index (χ2v) is 12.0. The average Bonchev–Trinajstić information content (AvgIpc) is 3.00. The molecule has 43 heavy (non-hydrogen) atoms. The van der Waals surface area contributed by atoms with Crippen LogP contribution >= 0.6 is 58.2 Å². The molecular formula is C32H25Cl4N3O3S. The Morgan fingerprint density at radius 3 is 2.14 bits per heavy atom. The van der Waals surface area contributed by atoms with Gasteiger partial charge in [0.1, 0.15) is 5.70 Å². The van der Waals surface area contributed by atoms with Crippen LogP contribution < -0.4 is 16.0 Å². The molecule has 4 rings (SSSR count). The molecule has 0 saturated heterocycles. The van der Waals surface area contributed by atoms with Crippen LogP contribution in [0.5, 0.6) is 0 Å². The zero-order valence-electron chi connectivity index (χ0n) is 22.7. The molecule has 0 spiro atoms. The van der Waals surface area contributed by atoms with E-state index in [1.165, 1.54) is 17.8 Å². The van der Waals surface area contributed by atoms with Gasteiger partial charge in [0.2, 0.25) is 5.91 Å². The molecule has 0 radical (unpaired) electrons. The fourth-order valence-electron chi connectivity index (χ4n) is 3.88. The molecule has 4 aromatic rings. The van der Waals surface area contributed by atoms with Gasteiger partial charge in [-0.1, -0.05) is 89.7 Å². The molecule has 3 N–H and O–H groups in total. The molecule has 0 aliphatic heterocycles. The Morgan fingerprint density at radius 2 is 1.44 bits per heavy atom. The molecule has 0 fully saturated rings. The van der Waals surface area contributed by atoms with Crippen molar-refractivity contribution in [1.82, 2.24) is 5.32 Å². The lowest BCUT2D eigenvalue weighted by Crippen LogP contribution is -2.30. The van der Waals surface area contributed by atoms with Crippen molar-refractivity contribution >= 4 is 93.3 Å². The van der Waals surface area contributed by atoms with Crippen molar-refractivity contribution in [1.29, 1.82) is 0 Å². The number of benzene rings is 4. The number of carbonyl (C=O) groups is 3. The molecule has 0 aliphatic carbocycles. The fourth-order valence-corrected chi connectivity index (χ4v) is 5.75. The third kappa shape index (κ3) is 8.78. The van der Waals surface area contributed by atoms with E-state index in [9.17, 15) is 14.4 Å². The van der Waals surface area contributed by atoms with E-state index in [-0.39, 0.29) is 16.6 Å². The maximum Gasteiger partial charge on any atom is 0.272 e. The number of hydrogen-bond acceptors (Lipinski definition) is 4. The quantitative estimate of drug-likeness (QED) is 0.116. The molecule has 0 aliphatic rings. The van der Waals surface area contributed by atoms with E-state index in [4.69, 9.17) is 46.4 Å². The lowest BCUT2D eigenvalue weighted by atomic mass is 10.1. The maximum absolute atomic E-state index is 13.5. The van der Waals surface area contributed by atoms with Crippen molar-refractivity contribution in [3.63, 3.8) is 0 Å². The van der Waals surface area contributed by atoms with E-state index < -0.39 is 17.1 Å². The highest BCUT2D eigenvalue weighted by Gasteiger charge is 2.21. The molecule has 11 heteroatoms. The van der Waals surface area contributed by atoms with Crippen molar-refractivity contribution in [2.75, 3.05) is 10.6 Å². The van der Waals surface area contributed by atoms with E-state index in [0.29, 0.717) is 44.0 Å². The Morgan fingerprint density at radius 1 is 0.791 bits per heavy atom. The van der Waals surface area contributed by atoms with Gasteiger partial charge in [0.25, 0.3) is 11.8 Å². The smallest absolute Gasteiger partial charge is 0.272 e. The van der Waals surface area contributed by atoms with Gasteiger partial charge in [-0.15, -0.1) is 11.8 Å². The molecule has 1 atom stereocenters. The van der Waals surface area contributed by atoms with Gasteiger partial charge >= 0.3 is 0 Å². The summed E-state index contributed by atoms with van der Waals surface area (Å²) in [4.78, 5) is 40.2. The van der Waals surface area contributed by atoms with Crippen molar-refractivity contribution in [3.05, 3.63) is 128 Å². The van der Waals surface area contributed by atoms with Gasteiger partial charge in [0, 0.05) is 31.8 Å². The summed E-state index contributed by atoms with van der Waals surface area (Å²) in [7, 11) is 0. The molecule has 0 heterocycles. The van der Waals surface area contributed by atoms with Crippen molar-refractivity contribution in [2.45, 2.75) is 23.5 Å². The van der Waals surface area contributed by atoms with E-state index >= 15 is 0 Å². The first-order chi connectivity index (χ1) is 20.7. The summed E-state index contributed by atoms with van der Waals surface area (Å²) in [6.45, 7) is 1.90. The summed E-state index contributed by atoms with van der Waals surface area (Å²) in [6.07, 6.45) is 1.96. The highest BCUT2D eigenvalue weighted by Crippen LogP contribution is 2.33. The van der Waals surface area contributed by atoms with Gasteiger partial charge in [-0.2, -0.15) is 0 Å². The Hall–Kier alpha value is -3.46. The third-order valence-corrected chi connectivity index (χ3v) is 8.90. The van der Waals surface area contributed by atoms with Crippen LogP contribution in [0.25, 0.3) is 6.08 Å². The van der Waals surface area contributed by atoms with Crippen molar-refractivity contribution in [2.24, 2.45) is 0 Å². The van der Waals surface area contributed by atoms with Crippen LogP contribution in [-0.2, 0) is 9.59 Å². The zero-order valence-corrected chi connectivity index (χ0v) is 26.5. The van der Waals surface area contributed by atoms with Crippen molar-refractivity contribution in [3.8, 4) is 0 Å². The number of thioether (sulfide) groups is 1. The summed E-state index contributed by atoms with van der Waals surface area (Å²) in [5.41, 5.74) is 1.56. The van der Waals surface area contributed by atoms with Gasteiger partial charge in [0.15, 0.2) is 0 Å². The molecule has 1 unspecified atom stereocenters. The Kier molecular flexibility index (Phi) is 11.6. The molecular weight excluding hydrogens is 648 g/mol. The van der Waals surface area contributed by atoms with Crippen LogP contribution in [0, 0.1) is 0 Å². The first kappa shape index (κ1) is 32.5. The SMILES string of the molecule is CCC(Sc1cccc(NC(=O)/C(=C\c2c(Cl)cccc2Cl)NC(=O)c2ccccc2)c1)C(=O)Nc1cccc(Cl)c1Cl. The first-order valence-corrected chi connectivity index (χ1v) is 15.4. The van der Waals surface area contributed by atoms with Crippen LogP contribution in [0.3, 0.4) is 0 Å². The van der Waals surface area contributed by atoms with Gasteiger partial charge in [-0.25, -0.2) is 0 Å². The van der Waals surface area contributed by atoms with Crippen LogP contribution in [0.4, 0.5) is 11.4 Å². The maximum atomic E-state index is 13.5. The topological polar surface area (TPSA) is 87.3 Å². The third-order valence-electron chi connectivity index (χ3n) is 6.06. The first-order valence-electron chi connectivity index (χ1n) is 13.0. The second kappa shape index (κ2) is 15.3. The number of anilines is 2. The minimum Gasteiger partial charge on any atom is -0.324 e. The summed E-state index contributed by atoms with van der Waals surface area (Å²) in [5.74, 6) is -1.31. The van der Waals surface area contributed by atoms with Crippen LogP contribution in [-0.4, -0.2) is 23.0 Å². The fraction of sp³-hybridized carbons (Fsp3) is 0.0938. The molecule has 0 aromatic heterocycles. The predicted molar refractivity (Wildman–Crippen MR) is 178 cm³/mol. The monoisotopic (exact) mass is 671 g/mol. The number of rotatable bonds is 10. The van der Waals surface area contributed by atoms with Gasteiger partial charge in [-0.05, 0) is 67.1 Å². The van der Waals surface area contributed by atoms with Crippen LogP contribution in [0.15, 0.2) is 102 Å². The van der Waals surface area contributed by atoms with E-state index in [0.717, 1.165) is 4.90 Å². The molecule has 4 aromatic carbocycles. The summed E-state index contributed by atoms with van der Waals surface area (Å²) >= 11 is 26.3. The summed E-state index contributed by atoms with van der Waals surface area (Å²) in [5, 5.41) is 9.10. The summed E-state index contributed by atoms with van der Waals surface area (Å²) < 4.78 is 0.